The number of nitrogens with one attached hydrogen (secondary N) is 1. The second-order valence-electron chi connectivity index (χ2n) is 2.57. The molecule has 0 atom stereocenters. The summed E-state index contributed by atoms with van der Waals surface area (Å²) in [6.45, 7) is 0.559. The van der Waals surface area contributed by atoms with E-state index in [1.165, 1.54) is 0 Å². The fourth-order valence-corrected chi connectivity index (χ4v) is 1.98. The normalized spacial score (nSPS) is 14.3. The standard InChI is InChI=1S/C8H5ClINO/c9-7-5-3-11-8(12)4(5)1-2-6(7)10/h1-2H,3H2,(H,11,12). The SMILES string of the molecule is O=C1NCc2c1ccc(I)c2Cl. The van der Waals surface area contributed by atoms with Gasteiger partial charge in [-0.1, -0.05) is 11.6 Å². The Morgan fingerprint density at radius 1 is 1.50 bits per heavy atom. The van der Waals surface area contributed by atoms with Crippen LogP contribution in [0.4, 0.5) is 0 Å². The van der Waals surface area contributed by atoms with Gasteiger partial charge in [0.05, 0.1) is 5.02 Å². The number of amides is 1. The summed E-state index contributed by atoms with van der Waals surface area (Å²) in [6.07, 6.45) is 0. The van der Waals surface area contributed by atoms with Crippen molar-refractivity contribution in [3.05, 3.63) is 31.9 Å². The summed E-state index contributed by atoms with van der Waals surface area (Å²) in [5, 5.41) is 3.43. The lowest BCUT2D eigenvalue weighted by atomic mass is 10.1. The van der Waals surface area contributed by atoms with E-state index in [0.717, 1.165) is 9.13 Å². The first-order valence-corrected chi connectivity index (χ1v) is 4.91. The molecule has 0 fully saturated rings. The van der Waals surface area contributed by atoms with Crippen LogP contribution in [0.3, 0.4) is 0 Å². The topological polar surface area (TPSA) is 29.1 Å². The predicted octanol–water partition coefficient (Wildman–Crippen LogP) is 2.19. The lowest BCUT2D eigenvalue weighted by Crippen LogP contribution is -2.12. The van der Waals surface area contributed by atoms with E-state index in [4.69, 9.17) is 11.6 Å². The molecule has 0 saturated heterocycles. The third-order valence-corrected chi connectivity index (χ3v) is 3.52. The molecule has 0 radical (unpaired) electrons. The first-order valence-electron chi connectivity index (χ1n) is 3.45. The first kappa shape index (κ1) is 8.31. The zero-order chi connectivity index (χ0) is 8.72. The molecule has 0 aromatic heterocycles. The summed E-state index contributed by atoms with van der Waals surface area (Å²) in [5.41, 5.74) is 1.63. The van der Waals surface area contributed by atoms with Gasteiger partial charge >= 0.3 is 0 Å². The number of hydrogen-bond acceptors (Lipinski definition) is 1. The van der Waals surface area contributed by atoms with Crippen molar-refractivity contribution < 1.29 is 4.79 Å². The minimum absolute atomic E-state index is 0.0247. The average Bonchev–Trinajstić information content (AvgIpc) is 2.41. The smallest absolute Gasteiger partial charge is 0.251 e. The highest BCUT2D eigenvalue weighted by atomic mass is 127. The van der Waals surface area contributed by atoms with E-state index in [1.807, 2.05) is 12.1 Å². The molecular weight excluding hydrogens is 288 g/mol. The average molecular weight is 293 g/mol. The Morgan fingerprint density at radius 3 is 3.00 bits per heavy atom. The molecule has 12 heavy (non-hydrogen) atoms. The Morgan fingerprint density at radius 2 is 2.25 bits per heavy atom. The molecule has 0 saturated carbocycles. The summed E-state index contributed by atoms with van der Waals surface area (Å²) in [7, 11) is 0. The maximum atomic E-state index is 11.2. The Bertz CT molecular complexity index is 364. The quantitative estimate of drug-likeness (QED) is 0.730. The van der Waals surface area contributed by atoms with E-state index in [9.17, 15) is 4.79 Å². The lowest BCUT2D eigenvalue weighted by Gasteiger charge is -2.00. The second-order valence-corrected chi connectivity index (χ2v) is 4.11. The minimum Gasteiger partial charge on any atom is -0.348 e. The third kappa shape index (κ3) is 1.11. The highest BCUT2D eigenvalue weighted by molar-refractivity contribution is 14.1. The minimum atomic E-state index is -0.0247. The van der Waals surface area contributed by atoms with Crippen molar-refractivity contribution in [2.45, 2.75) is 6.54 Å². The monoisotopic (exact) mass is 293 g/mol. The van der Waals surface area contributed by atoms with Crippen molar-refractivity contribution in [1.29, 1.82) is 0 Å². The molecule has 4 heteroatoms. The van der Waals surface area contributed by atoms with E-state index in [0.29, 0.717) is 17.1 Å². The van der Waals surface area contributed by atoms with Crippen LogP contribution >= 0.6 is 34.2 Å². The number of halogens is 2. The number of benzene rings is 1. The van der Waals surface area contributed by atoms with E-state index < -0.39 is 0 Å². The van der Waals surface area contributed by atoms with Crippen molar-refractivity contribution >= 4 is 40.1 Å². The van der Waals surface area contributed by atoms with Crippen LogP contribution in [0, 0.1) is 3.57 Å². The molecule has 1 aliphatic rings. The summed E-state index contributed by atoms with van der Waals surface area (Å²) in [6, 6.07) is 3.66. The van der Waals surface area contributed by atoms with Gasteiger partial charge in [-0.05, 0) is 34.7 Å². The molecule has 0 aliphatic carbocycles. The summed E-state index contributed by atoms with van der Waals surface area (Å²) >= 11 is 8.16. The van der Waals surface area contributed by atoms with Crippen LogP contribution in [-0.4, -0.2) is 5.91 Å². The van der Waals surface area contributed by atoms with Gasteiger partial charge in [-0.15, -0.1) is 0 Å². The largest absolute Gasteiger partial charge is 0.348 e. The zero-order valence-electron chi connectivity index (χ0n) is 6.03. The Balaban J connectivity index is 2.68. The van der Waals surface area contributed by atoms with Gasteiger partial charge in [0.2, 0.25) is 0 Å². The van der Waals surface area contributed by atoms with Crippen LogP contribution in [0.2, 0.25) is 5.02 Å². The Labute approximate surface area is 88.4 Å². The van der Waals surface area contributed by atoms with Crippen LogP contribution in [0.5, 0.6) is 0 Å². The van der Waals surface area contributed by atoms with E-state index in [2.05, 4.69) is 27.9 Å². The van der Waals surface area contributed by atoms with Crippen LogP contribution < -0.4 is 5.32 Å². The van der Waals surface area contributed by atoms with Crippen LogP contribution in [0.1, 0.15) is 15.9 Å². The molecule has 62 valence electrons. The van der Waals surface area contributed by atoms with Crippen molar-refractivity contribution in [2.24, 2.45) is 0 Å². The molecule has 1 heterocycles. The molecule has 0 spiro atoms. The van der Waals surface area contributed by atoms with Crippen LogP contribution in [0.25, 0.3) is 0 Å². The van der Waals surface area contributed by atoms with Gasteiger partial charge in [0.25, 0.3) is 5.91 Å². The van der Waals surface area contributed by atoms with Crippen LogP contribution in [-0.2, 0) is 6.54 Å². The van der Waals surface area contributed by atoms with E-state index >= 15 is 0 Å². The van der Waals surface area contributed by atoms with Gasteiger partial charge in [0, 0.05) is 21.2 Å². The van der Waals surface area contributed by atoms with Gasteiger partial charge in [-0.2, -0.15) is 0 Å². The number of rotatable bonds is 0. The van der Waals surface area contributed by atoms with Crippen molar-refractivity contribution in [3.8, 4) is 0 Å². The fraction of sp³-hybridized carbons (Fsp3) is 0.125. The maximum absolute atomic E-state index is 11.2. The molecule has 2 rings (SSSR count). The predicted molar refractivity (Wildman–Crippen MR) is 55.3 cm³/mol. The molecular formula is C8H5ClINO. The highest BCUT2D eigenvalue weighted by Gasteiger charge is 2.21. The zero-order valence-corrected chi connectivity index (χ0v) is 8.94. The highest BCUT2D eigenvalue weighted by Crippen LogP contribution is 2.28. The summed E-state index contributed by atoms with van der Waals surface area (Å²) in [4.78, 5) is 11.2. The molecule has 1 N–H and O–H groups in total. The van der Waals surface area contributed by atoms with Gasteiger partial charge in [0.15, 0.2) is 0 Å². The summed E-state index contributed by atoms with van der Waals surface area (Å²) in [5.74, 6) is -0.0247. The van der Waals surface area contributed by atoms with E-state index in [-0.39, 0.29) is 5.91 Å². The molecule has 1 aliphatic heterocycles. The Hall–Kier alpha value is -0.290. The molecule has 1 amide bonds. The number of carbonyl (C=O) groups is 1. The molecule has 1 aromatic carbocycles. The van der Waals surface area contributed by atoms with Crippen molar-refractivity contribution in [3.63, 3.8) is 0 Å². The summed E-state index contributed by atoms with van der Waals surface area (Å²) < 4.78 is 0.990. The first-order chi connectivity index (χ1) is 5.70. The van der Waals surface area contributed by atoms with Crippen molar-refractivity contribution in [2.75, 3.05) is 0 Å². The van der Waals surface area contributed by atoms with Gasteiger partial charge in [-0.25, -0.2) is 0 Å². The Kier molecular flexibility index (Phi) is 2.00. The van der Waals surface area contributed by atoms with E-state index in [1.54, 1.807) is 0 Å². The second kappa shape index (κ2) is 2.88. The lowest BCUT2D eigenvalue weighted by molar-refractivity contribution is 0.0966. The van der Waals surface area contributed by atoms with Crippen LogP contribution in [0.15, 0.2) is 12.1 Å². The molecule has 2 nitrogen and oxygen atoms in total. The third-order valence-electron chi connectivity index (χ3n) is 1.87. The molecule has 0 unspecified atom stereocenters. The van der Waals surface area contributed by atoms with Gasteiger partial charge < -0.3 is 5.32 Å². The molecule has 0 bridgehead atoms. The van der Waals surface area contributed by atoms with Gasteiger partial charge in [-0.3, -0.25) is 4.79 Å². The number of fused-ring (bicyclic) bond motifs is 1. The van der Waals surface area contributed by atoms with Gasteiger partial charge in [0.1, 0.15) is 0 Å². The number of carbonyl (C=O) groups excluding carboxylic acids is 1. The molecule has 1 aromatic rings. The fourth-order valence-electron chi connectivity index (χ4n) is 1.24. The number of hydrogen-bond donors (Lipinski definition) is 1. The van der Waals surface area contributed by atoms with Crippen molar-refractivity contribution in [1.82, 2.24) is 5.32 Å². The maximum Gasteiger partial charge on any atom is 0.251 e.